The summed E-state index contributed by atoms with van der Waals surface area (Å²) in [5, 5.41) is 7.37. The second kappa shape index (κ2) is 14.4. The molecule has 14 rings (SSSR count). The topological polar surface area (TPSA) is 22.8 Å². The highest BCUT2D eigenvalue weighted by Gasteiger charge is 2.32. The maximum absolute atomic E-state index is 5.97. The second-order valence-electron chi connectivity index (χ2n) is 17.4. The van der Waals surface area contributed by atoms with Crippen molar-refractivity contribution < 1.29 is 0 Å². The van der Waals surface area contributed by atoms with Crippen molar-refractivity contribution in [3.8, 4) is 78.4 Å². The van der Waals surface area contributed by atoms with Gasteiger partial charge in [-0.25, -0.2) is 4.98 Å². The third-order valence-corrected chi connectivity index (χ3v) is 13.8. The average molecular weight is 838 g/mol. The zero-order valence-corrected chi connectivity index (χ0v) is 35.9. The molecule has 1 aliphatic rings. The summed E-state index contributed by atoms with van der Waals surface area (Å²) in [4.78, 5) is 5.97. The van der Waals surface area contributed by atoms with Gasteiger partial charge >= 0.3 is 0 Å². The van der Waals surface area contributed by atoms with Crippen LogP contribution in [0.2, 0.25) is 0 Å². The number of aromatic nitrogens is 3. The Bertz CT molecular complexity index is 4060. The van der Waals surface area contributed by atoms with Gasteiger partial charge in [0.25, 0.3) is 0 Å². The van der Waals surface area contributed by atoms with Gasteiger partial charge < -0.3 is 9.13 Å². The van der Waals surface area contributed by atoms with Crippen LogP contribution in [0.3, 0.4) is 0 Å². The molecule has 0 spiro atoms. The van der Waals surface area contributed by atoms with Crippen LogP contribution in [0.1, 0.15) is 0 Å². The van der Waals surface area contributed by atoms with E-state index >= 15 is 0 Å². The quantitative estimate of drug-likeness (QED) is 0.164. The zero-order chi connectivity index (χ0) is 43.3. The molecule has 1 aliphatic carbocycles. The van der Waals surface area contributed by atoms with Crippen molar-refractivity contribution in [3.05, 3.63) is 237 Å². The highest BCUT2D eigenvalue weighted by molar-refractivity contribution is 6.23. The van der Waals surface area contributed by atoms with E-state index in [0.717, 1.165) is 45.0 Å². The Kier molecular flexibility index (Phi) is 7.98. The van der Waals surface area contributed by atoms with E-state index in [1.165, 1.54) is 87.8 Å². The molecule has 306 valence electrons. The molecule has 0 amide bonds. The first-order chi connectivity index (χ1) is 32.8. The molecule has 0 atom stereocenters. The average Bonchev–Trinajstić information content (AvgIpc) is 4.03. The van der Waals surface area contributed by atoms with Crippen LogP contribution in [0, 0.1) is 0 Å². The molecule has 3 heterocycles. The number of para-hydroxylation sites is 4. The first kappa shape index (κ1) is 36.7. The third-order valence-electron chi connectivity index (χ3n) is 13.8. The number of pyridine rings is 1. The fraction of sp³-hybridized carbons (Fsp3) is 0. The number of fused-ring (bicyclic) bond motifs is 9. The summed E-state index contributed by atoms with van der Waals surface area (Å²) in [6.07, 6.45) is 0. The summed E-state index contributed by atoms with van der Waals surface area (Å²) in [7, 11) is 0. The van der Waals surface area contributed by atoms with Gasteiger partial charge in [-0.15, -0.1) is 0 Å². The van der Waals surface area contributed by atoms with Crippen LogP contribution in [0.15, 0.2) is 237 Å². The normalized spacial score (nSPS) is 11.9. The lowest BCUT2D eigenvalue weighted by Gasteiger charge is -2.20. The van der Waals surface area contributed by atoms with Crippen molar-refractivity contribution >= 4 is 54.4 Å². The van der Waals surface area contributed by atoms with E-state index < -0.39 is 0 Å². The SMILES string of the molecule is c1ccc(-c2ccc(-c3nc(-c4ccc5c(c4)c4ccccc4n5-c4ccccc4)c4c(c3-c3ccc5c(c3)c3ccccc3n5-c3ccccc3)-c3cccc5cccc-4c35)cc2)cc1. The lowest BCUT2D eigenvalue weighted by molar-refractivity contribution is 1.18. The van der Waals surface area contributed by atoms with Gasteiger partial charge in [0.05, 0.1) is 33.5 Å². The Hall–Kier alpha value is -8.79. The molecule has 3 heteroatoms. The molecule has 0 radical (unpaired) electrons. The Balaban J connectivity index is 1.09. The monoisotopic (exact) mass is 837 g/mol. The predicted molar refractivity (Wildman–Crippen MR) is 277 cm³/mol. The summed E-state index contributed by atoms with van der Waals surface area (Å²) in [6, 6.07) is 86.2. The number of nitrogens with zero attached hydrogens (tertiary/aromatic N) is 3. The summed E-state index contributed by atoms with van der Waals surface area (Å²) < 4.78 is 4.78. The molecule has 13 aromatic rings. The van der Waals surface area contributed by atoms with Gasteiger partial charge in [-0.2, -0.15) is 0 Å². The van der Waals surface area contributed by atoms with E-state index in [1.54, 1.807) is 0 Å². The lowest BCUT2D eigenvalue weighted by atomic mass is 9.87. The summed E-state index contributed by atoms with van der Waals surface area (Å²) in [5.74, 6) is 0. The number of hydrogen-bond donors (Lipinski definition) is 0. The first-order valence-electron chi connectivity index (χ1n) is 22.7. The first-order valence-corrected chi connectivity index (χ1v) is 22.7. The van der Waals surface area contributed by atoms with E-state index in [0.29, 0.717) is 0 Å². The molecule has 10 aromatic carbocycles. The van der Waals surface area contributed by atoms with E-state index in [4.69, 9.17) is 4.98 Å². The summed E-state index contributed by atoms with van der Waals surface area (Å²) in [6.45, 7) is 0. The zero-order valence-electron chi connectivity index (χ0n) is 35.9. The van der Waals surface area contributed by atoms with Crippen LogP contribution < -0.4 is 0 Å². The maximum Gasteiger partial charge on any atom is 0.0795 e. The van der Waals surface area contributed by atoms with Gasteiger partial charge in [0.1, 0.15) is 0 Å². The van der Waals surface area contributed by atoms with Crippen molar-refractivity contribution in [3.63, 3.8) is 0 Å². The van der Waals surface area contributed by atoms with Crippen molar-refractivity contribution in [2.75, 3.05) is 0 Å². The minimum Gasteiger partial charge on any atom is -0.309 e. The van der Waals surface area contributed by atoms with Gasteiger partial charge in [-0.05, 0) is 99.3 Å². The summed E-state index contributed by atoms with van der Waals surface area (Å²) in [5.41, 5.74) is 20.7. The van der Waals surface area contributed by atoms with E-state index in [1.807, 2.05) is 0 Å². The molecular formula is C63H39N3. The van der Waals surface area contributed by atoms with E-state index in [9.17, 15) is 0 Å². The van der Waals surface area contributed by atoms with Gasteiger partial charge in [0, 0.05) is 60.7 Å². The van der Waals surface area contributed by atoms with Crippen LogP contribution in [0.4, 0.5) is 0 Å². The van der Waals surface area contributed by atoms with Crippen LogP contribution in [0.5, 0.6) is 0 Å². The second-order valence-corrected chi connectivity index (χ2v) is 17.4. The number of rotatable bonds is 6. The molecule has 0 bridgehead atoms. The van der Waals surface area contributed by atoms with E-state index in [2.05, 4.69) is 246 Å². The third kappa shape index (κ3) is 5.41. The van der Waals surface area contributed by atoms with Crippen LogP contribution in [-0.4, -0.2) is 14.1 Å². The van der Waals surface area contributed by atoms with Crippen molar-refractivity contribution in [1.82, 2.24) is 14.1 Å². The molecule has 0 N–H and O–H groups in total. The van der Waals surface area contributed by atoms with Gasteiger partial charge in [-0.1, -0.05) is 176 Å². The Labute approximate surface area is 381 Å². The fourth-order valence-corrected chi connectivity index (χ4v) is 11.0. The minimum atomic E-state index is 0.964. The molecule has 3 aromatic heterocycles. The highest BCUT2D eigenvalue weighted by Crippen LogP contribution is 2.56. The van der Waals surface area contributed by atoms with Crippen LogP contribution in [-0.2, 0) is 0 Å². The lowest BCUT2D eigenvalue weighted by Crippen LogP contribution is -1.99. The van der Waals surface area contributed by atoms with Gasteiger partial charge in [-0.3, -0.25) is 0 Å². The van der Waals surface area contributed by atoms with Crippen LogP contribution >= 0.6 is 0 Å². The number of hydrogen-bond acceptors (Lipinski definition) is 1. The van der Waals surface area contributed by atoms with E-state index in [-0.39, 0.29) is 0 Å². The predicted octanol–water partition coefficient (Wildman–Crippen LogP) is 16.7. The smallest absolute Gasteiger partial charge is 0.0795 e. The Morgan fingerprint density at radius 3 is 1.32 bits per heavy atom. The molecule has 0 unspecified atom stereocenters. The summed E-state index contributed by atoms with van der Waals surface area (Å²) >= 11 is 0. The molecule has 66 heavy (non-hydrogen) atoms. The Morgan fingerprint density at radius 1 is 0.273 bits per heavy atom. The van der Waals surface area contributed by atoms with Crippen molar-refractivity contribution in [1.29, 1.82) is 0 Å². The van der Waals surface area contributed by atoms with Crippen molar-refractivity contribution in [2.45, 2.75) is 0 Å². The molecule has 0 aliphatic heterocycles. The molecule has 0 saturated heterocycles. The molecule has 3 nitrogen and oxygen atoms in total. The molecular weight excluding hydrogens is 799 g/mol. The number of benzene rings is 10. The Morgan fingerprint density at radius 2 is 0.712 bits per heavy atom. The molecule has 0 fully saturated rings. The largest absolute Gasteiger partial charge is 0.309 e. The fourth-order valence-electron chi connectivity index (χ4n) is 11.0. The molecule has 0 saturated carbocycles. The van der Waals surface area contributed by atoms with Crippen molar-refractivity contribution in [2.24, 2.45) is 0 Å². The minimum absolute atomic E-state index is 0.964. The van der Waals surface area contributed by atoms with Crippen LogP contribution in [0.25, 0.3) is 133 Å². The van der Waals surface area contributed by atoms with Gasteiger partial charge in [0.2, 0.25) is 0 Å². The van der Waals surface area contributed by atoms with Gasteiger partial charge in [0.15, 0.2) is 0 Å². The standard InChI is InChI=1S/C63H39N3/c1-4-16-40(17-5-1)41-30-32-43(33-31-41)62-59(44-34-36-56-52(38-44)48-24-10-12-28-54(48)65(56)46-20-6-2-7-21-46)60-50-26-14-18-42-19-15-27-51(58(42)50)61(60)63(64-62)45-35-37-57-53(39-45)49-25-11-13-29-55(49)66(57)47-22-8-3-9-23-47/h1-39H. The highest BCUT2D eigenvalue weighted by atomic mass is 15.0. The maximum atomic E-state index is 5.97.